The first-order chi connectivity index (χ1) is 13.6. The minimum absolute atomic E-state index is 0.0723. The predicted octanol–water partition coefficient (Wildman–Crippen LogP) is 3.67. The van der Waals surface area contributed by atoms with E-state index >= 15 is 0 Å². The number of nitrogens with zero attached hydrogens (tertiary/aromatic N) is 2. The van der Waals surface area contributed by atoms with E-state index in [9.17, 15) is 9.18 Å². The normalized spacial score (nSPS) is 22.1. The summed E-state index contributed by atoms with van der Waals surface area (Å²) in [4.78, 5) is 17.2. The molecule has 2 fully saturated rings. The van der Waals surface area contributed by atoms with Gasteiger partial charge in [-0.3, -0.25) is 9.69 Å². The number of benzene rings is 2. The van der Waals surface area contributed by atoms with Crippen molar-refractivity contribution in [2.75, 3.05) is 32.8 Å². The van der Waals surface area contributed by atoms with Crippen LogP contribution in [0.1, 0.15) is 30.4 Å². The van der Waals surface area contributed by atoms with Gasteiger partial charge in [0.1, 0.15) is 11.6 Å². The van der Waals surface area contributed by atoms with Gasteiger partial charge in [-0.2, -0.15) is 0 Å². The minimum Gasteiger partial charge on any atom is -0.494 e. The number of rotatable bonds is 6. The van der Waals surface area contributed by atoms with Crippen LogP contribution in [0.4, 0.5) is 4.39 Å². The summed E-state index contributed by atoms with van der Waals surface area (Å²) in [5.74, 6) is 1.27. The lowest BCUT2D eigenvalue weighted by atomic mass is 10.1. The Morgan fingerprint density at radius 2 is 1.71 bits per heavy atom. The molecule has 0 aromatic heterocycles. The fraction of sp³-hybridized carbons (Fsp3) is 0.435. The predicted molar refractivity (Wildman–Crippen MR) is 107 cm³/mol. The molecular formula is C23H27FN2O2. The number of halogens is 1. The minimum atomic E-state index is -0.226. The van der Waals surface area contributed by atoms with Crippen molar-refractivity contribution < 1.29 is 13.9 Å². The van der Waals surface area contributed by atoms with E-state index in [1.165, 1.54) is 17.7 Å². The second-order valence-corrected chi connectivity index (χ2v) is 7.68. The molecule has 1 heterocycles. The SMILES string of the molecule is CCOc1ccc(CN2CCN(C(=O)C3CC3c3ccc(F)cc3)CC2)cc1. The van der Waals surface area contributed by atoms with Crippen LogP contribution >= 0.6 is 0 Å². The Kier molecular flexibility index (Phi) is 5.62. The summed E-state index contributed by atoms with van der Waals surface area (Å²) in [7, 11) is 0. The van der Waals surface area contributed by atoms with Gasteiger partial charge in [0.15, 0.2) is 0 Å². The third-order valence-electron chi connectivity index (χ3n) is 5.73. The standard InChI is InChI=1S/C23H27FN2O2/c1-2-28-20-9-3-17(4-10-20)16-25-11-13-26(14-12-25)23(27)22-15-21(22)18-5-7-19(24)8-6-18/h3-10,21-22H,2,11-16H2,1H3. The molecule has 0 N–H and O–H groups in total. The molecule has 0 bridgehead atoms. The van der Waals surface area contributed by atoms with Crippen molar-refractivity contribution in [3.05, 3.63) is 65.5 Å². The molecule has 4 nitrogen and oxygen atoms in total. The van der Waals surface area contributed by atoms with Crippen LogP contribution in [0.2, 0.25) is 0 Å². The van der Waals surface area contributed by atoms with Gasteiger partial charge in [0.2, 0.25) is 5.91 Å². The molecule has 2 aromatic carbocycles. The lowest BCUT2D eigenvalue weighted by molar-refractivity contribution is -0.134. The van der Waals surface area contributed by atoms with E-state index in [1.807, 2.05) is 36.1 Å². The number of ether oxygens (including phenoxy) is 1. The summed E-state index contributed by atoms with van der Waals surface area (Å²) in [5.41, 5.74) is 2.34. The zero-order chi connectivity index (χ0) is 19.5. The molecule has 1 aliphatic heterocycles. The number of hydrogen-bond donors (Lipinski definition) is 0. The highest BCUT2D eigenvalue weighted by Gasteiger charge is 2.46. The van der Waals surface area contributed by atoms with Crippen molar-refractivity contribution >= 4 is 5.91 Å². The maximum atomic E-state index is 13.1. The number of amides is 1. The Hall–Kier alpha value is -2.40. The van der Waals surface area contributed by atoms with Gasteiger partial charge in [0.25, 0.3) is 0 Å². The van der Waals surface area contributed by atoms with Gasteiger partial charge in [-0.25, -0.2) is 4.39 Å². The van der Waals surface area contributed by atoms with Gasteiger partial charge in [0.05, 0.1) is 6.61 Å². The van der Waals surface area contributed by atoms with Crippen LogP contribution < -0.4 is 4.74 Å². The summed E-state index contributed by atoms with van der Waals surface area (Å²) in [6.07, 6.45) is 0.886. The van der Waals surface area contributed by atoms with Crippen molar-refractivity contribution in [1.29, 1.82) is 0 Å². The van der Waals surface area contributed by atoms with E-state index in [4.69, 9.17) is 4.74 Å². The fourth-order valence-electron chi connectivity index (χ4n) is 4.02. The van der Waals surface area contributed by atoms with Crippen LogP contribution in [-0.2, 0) is 11.3 Å². The molecule has 1 aliphatic carbocycles. The molecule has 4 rings (SSSR count). The fourth-order valence-corrected chi connectivity index (χ4v) is 4.02. The second kappa shape index (κ2) is 8.31. The number of piperazine rings is 1. The molecule has 0 radical (unpaired) electrons. The molecule has 28 heavy (non-hydrogen) atoms. The average molecular weight is 382 g/mol. The molecule has 2 aliphatic rings. The van der Waals surface area contributed by atoms with E-state index in [-0.39, 0.29) is 23.6 Å². The van der Waals surface area contributed by atoms with Crippen LogP contribution in [0.3, 0.4) is 0 Å². The van der Waals surface area contributed by atoms with Crippen LogP contribution in [0.5, 0.6) is 5.75 Å². The van der Waals surface area contributed by atoms with Crippen LogP contribution in [0.15, 0.2) is 48.5 Å². The van der Waals surface area contributed by atoms with Gasteiger partial charge < -0.3 is 9.64 Å². The Morgan fingerprint density at radius 1 is 1.04 bits per heavy atom. The van der Waals surface area contributed by atoms with E-state index in [0.29, 0.717) is 6.61 Å². The van der Waals surface area contributed by atoms with Gasteiger partial charge in [-0.15, -0.1) is 0 Å². The van der Waals surface area contributed by atoms with E-state index in [1.54, 1.807) is 0 Å². The van der Waals surface area contributed by atoms with Crippen LogP contribution in [0.25, 0.3) is 0 Å². The van der Waals surface area contributed by atoms with Crippen molar-refractivity contribution in [2.24, 2.45) is 5.92 Å². The van der Waals surface area contributed by atoms with E-state index < -0.39 is 0 Å². The summed E-state index contributed by atoms with van der Waals surface area (Å²) in [6.45, 7) is 6.91. The Morgan fingerprint density at radius 3 is 2.36 bits per heavy atom. The van der Waals surface area contributed by atoms with Crippen molar-refractivity contribution in [3.8, 4) is 5.75 Å². The number of carbonyl (C=O) groups excluding carboxylic acids is 1. The summed E-state index contributed by atoms with van der Waals surface area (Å²) in [6, 6.07) is 14.8. The maximum Gasteiger partial charge on any atom is 0.226 e. The Labute approximate surface area is 165 Å². The molecule has 0 spiro atoms. The molecule has 2 unspecified atom stereocenters. The molecule has 1 saturated carbocycles. The van der Waals surface area contributed by atoms with Crippen molar-refractivity contribution in [2.45, 2.75) is 25.8 Å². The van der Waals surface area contributed by atoms with Crippen molar-refractivity contribution in [3.63, 3.8) is 0 Å². The molecule has 2 atom stereocenters. The smallest absolute Gasteiger partial charge is 0.226 e. The zero-order valence-corrected chi connectivity index (χ0v) is 16.3. The third kappa shape index (κ3) is 4.36. The third-order valence-corrected chi connectivity index (χ3v) is 5.73. The van der Waals surface area contributed by atoms with Gasteiger partial charge in [-0.1, -0.05) is 24.3 Å². The number of carbonyl (C=O) groups is 1. The van der Waals surface area contributed by atoms with Gasteiger partial charge in [0, 0.05) is 38.6 Å². The van der Waals surface area contributed by atoms with Crippen LogP contribution in [-0.4, -0.2) is 48.5 Å². The van der Waals surface area contributed by atoms with Gasteiger partial charge in [-0.05, 0) is 54.7 Å². The quantitative estimate of drug-likeness (QED) is 0.764. The maximum absolute atomic E-state index is 13.1. The first-order valence-corrected chi connectivity index (χ1v) is 10.1. The molecule has 2 aromatic rings. The monoisotopic (exact) mass is 382 g/mol. The lowest BCUT2D eigenvalue weighted by Gasteiger charge is -2.35. The molecule has 5 heteroatoms. The van der Waals surface area contributed by atoms with Crippen LogP contribution in [0, 0.1) is 11.7 Å². The summed E-state index contributed by atoms with van der Waals surface area (Å²) < 4.78 is 18.6. The van der Waals surface area contributed by atoms with E-state index in [2.05, 4.69) is 17.0 Å². The summed E-state index contributed by atoms with van der Waals surface area (Å²) in [5, 5.41) is 0. The Balaban J connectivity index is 1.25. The highest BCUT2D eigenvalue weighted by molar-refractivity contribution is 5.83. The zero-order valence-electron chi connectivity index (χ0n) is 16.3. The first-order valence-electron chi connectivity index (χ1n) is 10.1. The highest BCUT2D eigenvalue weighted by Crippen LogP contribution is 2.48. The Bertz CT molecular complexity index is 798. The molecule has 1 saturated heterocycles. The second-order valence-electron chi connectivity index (χ2n) is 7.68. The average Bonchev–Trinajstić information content (AvgIpc) is 3.51. The largest absolute Gasteiger partial charge is 0.494 e. The molecular weight excluding hydrogens is 355 g/mol. The first kappa shape index (κ1) is 18.9. The van der Waals surface area contributed by atoms with E-state index in [0.717, 1.165) is 50.5 Å². The van der Waals surface area contributed by atoms with Gasteiger partial charge >= 0.3 is 0 Å². The molecule has 148 valence electrons. The topological polar surface area (TPSA) is 32.8 Å². The number of hydrogen-bond acceptors (Lipinski definition) is 3. The van der Waals surface area contributed by atoms with Crippen molar-refractivity contribution in [1.82, 2.24) is 9.80 Å². The lowest BCUT2D eigenvalue weighted by Crippen LogP contribution is -2.48. The highest BCUT2D eigenvalue weighted by atomic mass is 19.1. The summed E-state index contributed by atoms with van der Waals surface area (Å²) >= 11 is 0. The molecule has 1 amide bonds.